The molecule has 0 aromatic heterocycles. The van der Waals surface area contributed by atoms with E-state index in [1.54, 1.807) is 0 Å². The van der Waals surface area contributed by atoms with Gasteiger partial charge in [-0.1, -0.05) is 23.2 Å². The third-order valence-electron chi connectivity index (χ3n) is 2.10. The lowest BCUT2D eigenvalue weighted by Gasteiger charge is -2.07. The van der Waals surface area contributed by atoms with Crippen LogP contribution >= 0.6 is 23.2 Å². The van der Waals surface area contributed by atoms with Gasteiger partial charge in [0.1, 0.15) is 11.6 Å². The second-order valence-corrected chi connectivity index (χ2v) is 3.92. The van der Waals surface area contributed by atoms with Crippen molar-refractivity contribution in [3.05, 3.63) is 58.1 Å². The van der Waals surface area contributed by atoms with Crippen LogP contribution in [0.3, 0.4) is 0 Å². The molecular weight excluding hydrogens is 253 g/mol. The van der Waals surface area contributed by atoms with E-state index in [1.807, 2.05) is 0 Å². The summed E-state index contributed by atoms with van der Waals surface area (Å²) in [7, 11) is 0. The summed E-state index contributed by atoms with van der Waals surface area (Å²) in [6.07, 6.45) is 0. The van der Waals surface area contributed by atoms with Crippen LogP contribution in [0.2, 0.25) is 10.0 Å². The Labute approximate surface area is 101 Å². The van der Waals surface area contributed by atoms with Crippen molar-refractivity contribution in [3.8, 4) is 11.1 Å². The molecule has 2 rings (SSSR count). The molecule has 2 aromatic carbocycles. The van der Waals surface area contributed by atoms with Crippen molar-refractivity contribution in [2.24, 2.45) is 0 Å². The van der Waals surface area contributed by atoms with E-state index in [1.165, 1.54) is 24.3 Å². The van der Waals surface area contributed by atoms with Gasteiger partial charge in [-0.2, -0.15) is 0 Å². The minimum atomic E-state index is -0.516. The minimum absolute atomic E-state index is 0.111. The maximum absolute atomic E-state index is 13.6. The highest BCUT2D eigenvalue weighted by Crippen LogP contribution is 2.35. The van der Waals surface area contributed by atoms with E-state index < -0.39 is 11.6 Å². The van der Waals surface area contributed by atoms with Crippen molar-refractivity contribution in [2.75, 3.05) is 0 Å². The third kappa shape index (κ3) is 2.04. The third-order valence-corrected chi connectivity index (χ3v) is 2.71. The van der Waals surface area contributed by atoms with E-state index >= 15 is 0 Å². The zero-order valence-electron chi connectivity index (χ0n) is 7.90. The van der Waals surface area contributed by atoms with Crippen LogP contribution in [0, 0.1) is 17.7 Å². The van der Waals surface area contributed by atoms with Crippen molar-refractivity contribution in [1.29, 1.82) is 0 Å². The average Bonchev–Trinajstić information content (AvgIpc) is 2.20. The zero-order chi connectivity index (χ0) is 11.7. The van der Waals surface area contributed by atoms with Gasteiger partial charge in [0, 0.05) is 17.2 Å². The summed E-state index contributed by atoms with van der Waals surface area (Å²) in [5, 5.41) is 0.230. The molecule has 0 aliphatic rings. The lowest BCUT2D eigenvalue weighted by molar-refractivity contribution is 0.626. The Morgan fingerprint density at radius 2 is 1.81 bits per heavy atom. The lowest BCUT2D eigenvalue weighted by Crippen LogP contribution is -1.88. The van der Waals surface area contributed by atoms with Crippen molar-refractivity contribution >= 4 is 23.2 Å². The highest BCUT2D eigenvalue weighted by Gasteiger charge is 2.13. The number of rotatable bonds is 1. The number of hydrogen-bond donors (Lipinski definition) is 0. The van der Waals surface area contributed by atoms with Gasteiger partial charge in [-0.15, -0.1) is 0 Å². The fourth-order valence-electron chi connectivity index (χ4n) is 1.39. The van der Waals surface area contributed by atoms with Crippen LogP contribution in [-0.4, -0.2) is 0 Å². The summed E-state index contributed by atoms with van der Waals surface area (Å²) in [5.41, 5.74) is 0.483. The average molecular weight is 258 g/mol. The molecule has 0 saturated carbocycles. The summed E-state index contributed by atoms with van der Waals surface area (Å²) >= 11 is 11.7. The van der Waals surface area contributed by atoms with Gasteiger partial charge in [0.05, 0.1) is 10.0 Å². The topological polar surface area (TPSA) is 0 Å². The van der Waals surface area contributed by atoms with E-state index in [0.717, 1.165) is 6.07 Å². The molecule has 2 aromatic rings. The quantitative estimate of drug-likeness (QED) is 0.693. The van der Waals surface area contributed by atoms with E-state index in [2.05, 4.69) is 6.07 Å². The molecule has 0 aliphatic heterocycles. The fraction of sp³-hybridized carbons (Fsp3) is 0. The van der Waals surface area contributed by atoms with E-state index in [0.29, 0.717) is 5.56 Å². The second-order valence-electron chi connectivity index (χ2n) is 3.14. The maximum Gasteiger partial charge on any atom is 0.132 e. The standard InChI is InChI=1S/C12H5Cl2F2/c13-9-2-1-3-11(16)12(9)8-5-4-7(15)6-10(8)14/h1,3-6H. The van der Waals surface area contributed by atoms with Gasteiger partial charge in [0.15, 0.2) is 0 Å². The SMILES string of the molecule is Fc1ccc(-c2c(Cl)[c]ccc2F)c(Cl)c1. The predicted octanol–water partition coefficient (Wildman–Crippen LogP) is 4.74. The summed E-state index contributed by atoms with van der Waals surface area (Å²) in [4.78, 5) is 0. The Morgan fingerprint density at radius 1 is 1.06 bits per heavy atom. The largest absolute Gasteiger partial charge is 0.207 e. The Kier molecular flexibility index (Phi) is 3.13. The van der Waals surface area contributed by atoms with Crippen molar-refractivity contribution in [1.82, 2.24) is 0 Å². The predicted molar refractivity (Wildman–Crippen MR) is 60.7 cm³/mol. The molecule has 0 unspecified atom stereocenters. The van der Waals surface area contributed by atoms with Crippen molar-refractivity contribution < 1.29 is 8.78 Å². The zero-order valence-corrected chi connectivity index (χ0v) is 9.41. The van der Waals surface area contributed by atoms with E-state index in [9.17, 15) is 8.78 Å². The van der Waals surface area contributed by atoms with Gasteiger partial charge >= 0.3 is 0 Å². The molecular formula is C12H5Cl2F2. The fourth-order valence-corrected chi connectivity index (χ4v) is 1.90. The van der Waals surface area contributed by atoms with Crippen LogP contribution in [0.15, 0.2) is 30.3 Å². The Balaban J connectivity index is 2.68. The van der Waals surface area contributed by atoms with Gasteiger partial charge in [0.25, 0.3) is 0 Å². The molecule has 0 bridgehead atoms. The summed E-state index contributed by atoms with van der Waals surface area (Å²) < 4.78 is 26.4. The van der Waals surface area contributed by atoms with Crippen LogP contribution in [-0.2, 0) is 0 Å². The van der Waals surface area contributed by atoms with E-state index in [4.69, 9.17) is 23.2 Å². The van der Waals surface area contributed by atoms with Crippen LogP contribution in [0.4, 0.5) is 8.78 Å². The molecule has 0 heterocycles. The molecule has 81 valence electrons. The van der Waals surface area contributed by atoms with E-state index in [-0.39, 0.29) is 15.6 Å². The first-order valence-electron chi connectivity index (χ1n) is 4.40. The second kappa shape index (κ2) is 4.40. The molecule has 0 fully saturated rings. The van der Waals surface area contributed by atoms with Gasteiger partial charge < -0.3 is 0 Å². The molecule has 4 heteroatoms. The number of benzene rings is 2. The van der Waals surface area contributed by atoms with Crippen LogP contribution in [0.25, 0.3) is 11.1 Å². The molecule has 0 aliphatic carbocycles. The summed E-state index contributed by atoms with van der Waals surface area (Å²) in [5.74, 6) is -0.998. The van der Waals surface area contributed by atoms with Crippen molar-refractivity contribution in [2.45, 2.75) is 0 Å². The molecule has 1 radical (unpaired) electrons. The summed E-state index contributed by atoms with van der Waals surface area (Å²) in [6, 6.07) is 8.94. The van der Waals surface area contributed by atoms with Crippen LogP contribution in [0.5, 0.6) is 0 Å². The van der Waals surface area contributed by atoms with Gasteiger partial charge in [-0.05, 0) is 30.3 Å². The number of halogens is 4. The first kappa shape index (κ1) is 11.4. The smallest absolute Gasteiger partial charge is 0.132 e. The highest BCUT2D eigenvalue weighted by molar-refractivity contribution is 6.36. The van der Waals surface area contributed by atoms with Gasteiger partial charge in [-0.3, -0.25) is 0 Å². The van der Waals surface area contributed by atoms with Gasteiger partial charge in [0.2, 0.25) is 0 Å². The monoisotopic (exact) mass is 257 g/mol. The normalized spacial score (nSPS) is 10.5. The number of hydrogen-bond acceptors (Lipinski definition) is 0. The van der Waals surface area contributed by atoms with Crippen LogP contribution < -0.4 is 0 Å². The molecule has 16 heavy (non-hydrogen) atoms. The van der Waals surface area contributed by atoms with Crippen LogP contribution in [0.1, 0.15) is 0 Å². The Hall–Kier alpha value is -1.12. The highest BCUT2D eigenvalue weighted by atomic mass is 35.5. The van der Waals surface area contributed by atoms with Gasteiger partial charge in [-0.25, -0.2) is 8.78 Å². The maximum atomic E-state index is 13.6. The molecule has 0 amide bonds. The molecule has 0 N–H and O–H groups in total. The molecule has 0 spiro atoms. The molecule has 0 nitrogen and oxygen atoms in total. The lowest BCUT2D eigenvalue weighted by atomic mass is 10.0. The first-order chi connectivity index (χ1) is 7.59. The first-order valence-corrected chi connectivity index (χ1v) is 5.16. The minimum Gasteiger partial charge on any atom is -0.207 e. The summed E-state index contributed by atoms with van der Waals surface area (Å²) in [6.45, 7) is 0. The van der Waals surface area contributed by atoms with Crippen molar-refractivity contribution in [3.63, 3.8) is 0 Å². The molecule has 0 atom stereocenters. The Bertz CT molecular complexity index is 518. The molecule has 0 saturated heterocycles. The Morgan fingerprint density at radius 3 is 2.44 bits per heavy atom.